The molecule has 0 aromatic heterocycles. The van der Waals surface area contributed by atoms with Crippen LogP contribution < -0.4 is 15.4 Å². The third kappa shape index (κ3) is 5.77. The Hall–Kier alpha value is -2.01. The summed E-state index contributed by atoms with van der Waals surface area (Å²) in [5.74, 6) is 0.776. The fraction of sp³-hybridized carbons (Fsp3) is 0.471. The van der Waals surface area contributed by atoms with Crippen LogP contribution in [0.25, 0.3) is 0 Å². The molecule has 0 saturated carbocycles. The molecule has 0 aliphatic rings. The van der Waals surface area contributed by atoms with Gasteiger partial charge in [-0.25, -0.2) is 4.79 Å². The highest BCUT2D eigenvalue weighted by molar-refractivity contribution is 5.74. The van der Waals surface area contributed by atoms with Gasteiger partial charge >= 0.3 is 6.03 Å². The summed E-state index contributed by atoms with van der Waals surface area (Å²) in [6.07, 6.45) is 1.67. The summed E-state index contributed by atoms with van der Waals surface area (Å²) in [4.78, 5) is 11.8. The molecule has 0 fully saturated rings. The number of carbonyl (C=O) groups is 1. The molecule has 122 valence electrons. The smallest absolute Gasteiger partial charge is 0.315 e. The van der Waals surface area contributed by atoms with Crippen molar-refractivity contribution in [2.75, 3.05) is 13.2 Å². The number of aliphatic hydroxyl groups is 1. The van der Waals surface area contributed by atoms with E-state index in [1.165, 1.54) is 0 Å². The number of urea groups is 1. The summed E-state index contributed by atoms with van der Waals surface area (Å²) in [5.41, 5.74) is -0.0439. The molecule has 0 radical (unpaired) electrons. The normalized spacial score (nSPS) is 13.3. The van der Waals surface area contributed by atoms with E-state index < -0.39 is 5.60 Å². The van der Waals surface area contributed by atoms with Crippen LogP contribution in [0.5, 0.6) is 5.75 Å². The number of carbonyl (C=O) groups excluding carboxylic acids is 1. The molecular weight excluding hydrogens is 280 g/mol. The number of hydrogen-bond donors (Lipinski definition) is 3. The van der Waals surface area contributed by atoms with Gasteiger partial charge in [-0.05, 0) is 18.9 Å². The van der Waals surface area contributed by atoms with Gasteiger partial charge in [0, 0.05) is 18.7 Å². The van der Waals surface area contributed by atoms with Crippen LogP contribution >= 0.6 is 0 Å². The van der Waals surface area contributed by atoms with Crippen molar-refractivity contribution in [1.82, 2.24) is 10.6 Å². The first kappa shape index (κ1) is 18.0. The standard InChI is InChI=1S/C17H26N2O3/c1-5-10-22-15-9-7-6-8-14(15)11-18-16(20)19-12-17(4,21)13(2)3/h5-9,13,21H,1,10-12H2,2-4H3,(H2,18,19,20). The molecule has 1 aromatic carbocycles. The van der Waals surface area contributed by atoms with Crippen molar-refractivity contribution in [2.45, 2.75) is 32.9 Å². The van der Waals surface area contributed by atoms with Crippen LogP contribution in [0.2, 0.25) is 0 Å². The van der Waals surface area contributed by atoms with Gasteiger partial charge in [0.05, 0.1) is 5.60 Å². The topological polar surface area (TPSA) is 70.6 Å². The van der Waals surface area contributed by atoms with Crippen molar-refractivity contribution in [1.29, 1.82) is 0 Å². The summed E-state index contributed by atoms with van der Waals surface area (Å²) in [7, 11) is 0. The molecule has 3 N–H and O–H groups in total. The number of benzene rings is 1. The summed E-state index contributed by atoms with van der Waals surface area (Å²) in [5, 5.41) is 15.5. The summed E-state index contributed by atoms with van der Waals surface area (Å²) >= 11 is 0. The first-order valence-corrected chi connectivity index (χ1v) is 7.42. The van der Waals surface area contributed by atoms with E-state index >= 15 is 0 Å². The van der Waals surface area contributed by atoms with Crippen LogP contribution in [-0.2, 0) is 6.54 Å². The minimum atomic E-state index is -0.928. The molecule has 22 heavy (non-hydrogen) atoms. The Balaban J connectivity index is 2.49. The van der Waals surface area contributed by atoms with Crippen molar-refractivity contribution >= 4 is 6.03 Å². The van der Waals surface area contributed by atoms with Gasteiger partial charge in [0.2, 0.25) is 0 Å². The maximum Gasteiger partial charge on any atom is 0.315 e. The third-order valence-corrected chi connectivity index (χ3v) is 3.62. The van der Waals surface area contributed by atoms with Gasteiger partial charge in [-0.15, -0.1) is 0 Å². The summed E-state index contributed by atoms with van der Waals surface area (Å²) < 4.78 is 5.53. The van der Waals surface area contributed by atoms with Crippen LogP contribution in [0.3, 0.4) is 0 Å². The van der Waals surface area contributed by atoms with Crippen LogP contribution in [0.1, 0.15) is 26.3 Å². The van der Waals surface area contributed by atoms with Crippen molar-refractivity contribution in [3.8, 4) is 5.75 Å². The van der Waals surface area contributed by atoms with E-state index in [1.54, 1.807) is 13.0 Å². The Bertz CT molecular complexity index is 498. The van der Waals surface area contributed by atoms with Crippen LogP contribution in [0.4, 0.5) is 4.79 Å². The van der Waals surface area contributed by atoms with Crippen LogP contribution in [0.15, 0.2) is 36.9 Å². The van der Waals surface area contributed by atoms with E-state index in [-0.39, 0.29) is 18.5 Å². The molecule has 0 saturated heterocycles. The van der Waals surface area contributed by atoms with Gasteiger partial charge in [0.25, 0.3) is 0 Å². The number of ether oxygens (including phenoxy) is 1. The fourth-order valence-electron chi connectivity index (χ4n) is 1.64. The number of nitrogens with one attached hydrogen (secondary N) is 2. The molecule has 1 atom stereocenters. The van der Waals surface area contributed by atoms with Crippen molar-refractivity contribution in [3.05, 3.63) is 42.5 Å². The van der Waals surface area contributed by atoms with E-state index in [9.17, 15) is 9.90 Å². The Morgan fingerprint density at radius 3 is 2.73 bits per heavy atom. The lowest BCUT2D eigenvalue weighted by Gasteiger charge is -2.27. The quantitative estimate of drug-likeness (QED) is 0.646. The van der Waals surface area contributed by atoms with Crippen molar-refractivity contribution in [3.63, 3.8) is 0 Å². The van der Waals surface area contributed by atoms with Crippen LogP contribution in [0, 0.1) is 5.92 Å². The second-order valence-corrected chi connectivity index (χ2v) is 5.76. The molecular formula is C17H26N2O3. The zero-order chi connectivity index (χ0) is 16.6. The SMILES string of the molecule is C=CCOc1ccccc1CNC(=O)NCC(C)(O)C(C)C. The lowest BCUT2D eigenvalue weighted by molar-refractivity contribution is 0.0166. The third-order valence-electron chi connectivity index (χ3n) is 3.62. The van der Waals surface area contributed by atoms with Gasteiger partial charge in [-0.1, -0.05) is 44.7 Å². The highest BCUT2D eigenvalue weighted by Gasteiger charge is 2.25. The zero-order valence-electron chi connectivity index (χ0n) is 13.6. The van der Waals surface area contributed by atoms with Crippen molar-refractivity contribution < 1.29 is 14.6 Å². The predicted octanol–water partition coefficient (Wildman–Crippen LogP) is 2.46. The van der Waals surface area contributed by atoms with Gasteiger partial charge < -0.3 is 20.5 Å². The number of amides is 2. The molecule has 0 bridgehead atoms. The summed E-state index contributed by atoms with van der Waals surface area (Å²) in [6, 6.07) is 7.19. The van der Waals surface area contributed by atoms with E-state index in [0.29, 0.717) is 13.2 Å². The number of rotatable bonds is 8. The number of hydrogen-bond acceptors (Lipinski definition) is 3. The molecule has 2 amide bonds. The molecule has 0 aliphatic carbocycles. The Morgan fingerprint density at radius 1 is 1.41 bits per heavy atom. The van der Waals surface area contributed by atoms with E-state index in [0.717, 1.165) is 11.3 Å². The molecule has 5 heteroatoms. The fourth-order valence-corrected chi connectivity index (χ4v) is 1.64. The molecule has 0 heterocycles. The summed E-state index contributed by atoms with van der Waals surface area (Å²) in [6.45, 7) is 10.1. The molecule has 0 spiro atoms. The van der Waals surface area contributed by atoms with Crippen molar-refractivity contribution in [2.24, 2.45) is 5.92 Å². The minimum Gasteiger partial charge on any atom is -0.489 e. The second kappa shape index (κ2) is 8.44. The average Bonchev–Trinajstić information content (AvgIpc) is 2.49. The number of para-hydroxylation sites is 1. The lowest BCUT2D eigenvalue weighted by Crippen LogP contribution is -2.47. The molecule has 5 nitrogen and oxygen atoms in total. The van der Waals surface area contributed by atoms with E-state index in [4.69, 9.17) is 4.74 Å². The van der Waals surface area contributed by atoms with Crippen LogP contribution in [-0.4, -0.2) is 29.9 Å². The van der Waals surface area contributed by atoms with Gasteiger partial charge in [-0.2, -0.15) is 0 Å². The first-order chi connectivity index (χ1) is 10.4. The van der Waals surface area contributed by atoms with Gasteiger partial charge in [0.1, 0.15) is 12.4 Å². The first-order valence-electron chi connectivity index (χ1n) is 7.42. The maximum absolute atomic E-state index is 11.8. The Morgan fingerprint density at radius 2 is 2.09 bits per heavy atom. The van der Waals surface area contributed by atoms with Gasteiger partial charge in [0.15, 0.2) is 0 Å². The minimum absolute atomic E-state index is 0.0563. The monoisotopic (exact) mass is 306 g/mol. The largest absolute Gasteiger partial charge is 0.489 e. The Kier molecular flexibility index (Phi) is 6.92. The molecule has 1 rings (SSSR count). The average molecular weight is 306 g/mol. The van der Waals surface area contributed by atoms with E-state index in [1.807, 2.05) is 38.1 Å². The second-order valence-electron chi connectivity index (χ2n) is 5.76. The highest BCUT2D eigenvalue weighted by atomic mass is 16.5. The van der Waals surface area contributed by atoms with Gasteiger partial charge in [-0.3, -0.25) is 0 Å². The molecule has 1 aromatic rings. The highest BCUT2D eigenvalue weighted by Crippen LogP contribution is 2.17. The molecule has 1 unspecified atom stereocenters. The Labute approximate surface area is 132 Å². The van der Waals surface area contributed by atoms with E-state index in [2.05, 4.69) is 17.2 Å². The zero-order valence-corrected chi connectivity index (χ0v) is 13.6. The maximum atomic E-state index is 11.8. The lowest BCUT2D eigenvalue weighted by atomic mass is 9.93. The molecule has 0 aliphatic heterocycles. The predicted molar refractivity (Wildman–Crippen MR) is 87.8 cm³/mol.